The maximum atomic E-state index is 10.8. The van der Waals surface area contributed by atoms with E-state index < -0.39 is 11.7 Å². The van der Waals surface area contributed by atoms with Crippen LogP contribution in [0.5, 0.6) is 0 Å². The number of amides is 1. The van der Waals surface area contributed by atoms with E-state index in [1.807, 2.05) is 0 Å². The number of ketones is 1. The van der Waals surface area contributed by atoms with E-state index in [9.17, 15) is 9.59 Å². The van der Waals surface area contributed by atoms with Gasteiger partial charge < -0.3 is 10.3 Å². The first-order chi connectivity index (χ1) is 4.79. The molecular weight excluding hydrogens is 327 g/mol. The molecule has 0 radical (unpaired) electrons. The fourth-order valence-electron chi connectivity index (χ4n) is 0.954. The van der Waals surface area contributed by atoms with Crippen molar-refractivity contribution in [2.24, 2.45) is 0 Å². The Morgan fingerprint density at radius 3 is 2.64 bits per heavy atom. The Hall–Kier alpha value is -0.892. The number of hydrogen-bond acceptors (Lipinski definition) is 2. The van der Waals surface area contributed by atoms with E-state index in [2.05, 4.69) is 10.3 Å². The van der Waals surface area contributed by atoms with Gasteiger partial charge in [0.1, 0.15) is 5.69 Å². The Balaban J connectivity index is 0.000000605. The Bertz CT molecular complexity index is 318. The minimum Gasteiger partial charge on any atom is -0.357 e. The molecule has 4 nitrogen and oxygen atoms in total. The van der Waals surface area contributed by atoms with E-state index in [4.69, 9.17) is 0 Å². The molecule has 2 N–H and O–H groups in total. The predicted octanol–water partition coefficient (Wildman–Crippen LogP) is 0.147. The zero-order chi connectivity index (χ0) is 7.14. The fraction of sp³-hybridized carbons (Fsp3) is 0. The van der Waals surface area contributed by atoms with Gasteiger partial charge in [-0.25, -0.2) is 0 Å². The summed E-state index contributed by atoms with van der Waals surface area (Å²) in [4.78, 5) is 24.1. The van der Waals surface area contributed by atoms with Crippen molar-refractivity contribution in [3.05, 3.63) is 18.0 Å². The van der Waals surface area contributed by atoms with Crippen molar-refractivity contribution < 1.29 is 30.7 Å². The van der Waals surface area contributed by atoms with Crippen LogP contribution in [-0.4, -0.2) is 16.7 Å². The first-order valence-corrected chi connectivity index (χ1v) is 2.82. The number of aromatic nitrogens is 1. The molecule has 0 unspecified atom stereocenters. The summed E-state index contributed by atoms with van der Waals surface area (Å²) in [6.45, 7) is 0. The third kappa shape index (κ3) is 1.03. The summed E-state index contributed by atoms with van der Waals surface area (Å²) in [6.07, 6.45) is 1.61. The van der Waals surface area contributed by atoms with Gasteiger partial charge in [0.25, 0.3) is 11.7 Å². The van der Waals surface area contributed by atoms with Crippen LogP contribution in [0.3, 0.4) is 0 Å². The van der Waals surface area contributed by atoms with Crippen molar-refractivity contribution in [1.82, 2.24) is 4.98 Å². The smallest absolute Gasteiger partial charge is 0.298 e. The van der Waals surface area contributed by atoms with E-state index in [1.54, 1.807) is 12.3 Å². The van der Waals surface area contributed by atoms with E-state index in [0.717, 1.165) is 0 Å². The monoisotopic (exact) mass is 331 g/mol. The number of aromatic amines is 1. The maximum Gasteiger partial charge on any atom is 0.298 e. The molecule has 1 aliphatic heterocycles. The maximum absolute atomic E-state index is 10.8. The average molecular weight is 331 g/mol. The Morgan fingerprint density at radius 2 is 2.00 bits per heavy atom. The third-order valence-electron chi connectivity index (χ3n) is 1.43. The second-order valence-corrected chi connectivity index (χ2v) is 2.05. The summed E-state index contributed by atoms with van der Waals surface area (Å²) in [5.41, 5.74) is 0.944. The number of anilines is 1. The summed E-state index contributed by atoms with van der Waals surface area (Å²) in [6, 6.07) is 1.65. The number of rotatable bonds is 0. The van der Waals surface area contributed by atoms with Gasteiger partial charge in [0.2, 0.25) is 0 Å². The molecule has 11 heavy (non-hydrogen) atoms. The summed E-state index contributed by atoms with van der Waals surface area (Å²) in [7, 11) is 0. The van der Waals surface area contributed by atoms with Gasteiger partial charge in [-0.05, 0) is 6.07 Å². The van der Waals surface area contributed by atoms with Crippen molar-refractivity contribution in [2.75, 3.05) is 5.32 Å². The van der Waals surface area contributed by atoms with Gasteiger partial charge in [0.05, 0.1) is 5.69 Å². The Morgan fingerprint density at radius 1 is 1.27 bits per heavy atom. The second kappa shape index (κ2) is 2.62. The van der Waals surface area contributed by atoms with Crippen LogP contribution in [0.15, 0.2) is 12.3 Å². The summed E-state index contributed by atoms with van der Waals surface area (Å²) in [5, 5.41) is 2.41. The first kappa shape index (κ1) is 8.21. The van der Waals surface area contributed by atoms with Gasteiger partial charge in [-0.3, -0.25) is 9.59 Å². The van der Waals surface area contributed by atoms with Crippen molar-refractivity contribution in [2.45, 2.75) is 0 Å². The van der Waals surface area contributed by atoms with E-state index in [1.165, 1.54) is 0 Å². The van der Waals surface area contributed by atoms with Crippen molar-refractivity contribution >= 4 is 17.4 Å². The molecule has 0 saturated heterocycles. The number of nitrogens with one attached hydrogen (secondary N) is 2. The number of fused-ring (bicyclic) bond motifs is 1. The van der Waals surface area contributed by atoms with Gasteiger partial charge in [-0.2, -0.15) is 0 Å². The zero-order valence-electron chi connectivity index (χ0n) is 5.29. The molecule has 0 saturated carbocycles. The Kier molecular flexibility index (Phi) is 1.96. The van der Waals surface area contributed by atoms with Gasteiger partial charge in [0.15, 0.2) is 0 Å². The molecular formula is C6H4N2O2Pt. The summed E-state index contributed by atoms with van der Waals surface area (Å²) in [5.74, 6) is -1.04. The minimum absolute atomic E-state index is 0. The predicted molar refractivity (Wildman–Crippen MR) is 33.8 cm³/mol. The SMILES string of the molecule is O=C1Nc2cc[nH]c2C1=O.[Pt]. The molecule has 0 fully saturated rings. The average Bonchev–Trinajstić information content (AvgIpc) is 2.41. The number of hydrogen-bond donors (Lipinski definition) is 2. The van der Waals surface area contributed by atoms with Crippen molar-refractivity contribution in [3.63, 3.8) is 0 Å². The Labute approximate surface area is 76.6 Å². The van der Waals surface area contributed by atoms with Crippen LogP contribution in [0.4, 0.5) is 5.69 Å². The van der Waals surface area contributed by atoms with Crippen LogP contribution in [0, 0.1) is 0 Å². The first-order valence-electron chi connectivity index (χ1n) is 2.82. The number of carbonyl (C=O) groups excluding carboxylic acids is 2. The van der Waals surface area contributed by atoms with Crippen LogP contribution in [0.2, 0.25) is 0 Å². The van der Waals surface area contributed by atoms with Gasteiger partial charge >= 0.3 is 0 Å². The molecule has 1 aromatic rings. The minimum atomic E-state index is -0.554. The van der Waals surface area contributed by atoms with Crippen LogP contribution in [0.1, 0.15) is 10.5 Å². The van der Waals surface area contributed by atoms with Crippen LogP contribution in [-0.2, 0) is 25.9 Å². The molecule has 5 heteroatoms. The van der Waals surface area contributed by atoms with Crippen molar-refractivity contribution in [3.8, 4) is 0 Å². The molecule has 0 spiro atoms. The third-order valence-corrected chi connectivity index (χ3v) is 1.43. The molecule has 0 bridgehead atoms. The van der Waals surface area contributed by atoms with Gasteiger partial charge in [-0.1, -0.05) is 0 Å². The standard InChI is InChI=1S/C6H4N2O2.Pt/c9-5-4-3(1-2-7-4)8-6(5)10;/h1-2,7H,(H,8,9,10);. The molecule has 1 aliphatic rings. The molecule has 60 valence electrons. The van der Waals surface area contributed by atoms with Crippen molar-refractivity contribution in [1.29, 1.82) is 0 Å². The largest absolute Gasteiger partial charge is 0.357 e. The normalized spacial score (nSPS) is 13.8. The quantitative estimate of drug-likeness (QED) is 0.665. The number of Topliss-reactive ketones (excluding diaryl/α,β-unsaturated/α-hetero) is 1. The molecule has 2 rings (SSSR count). The molecule has 1 amide bonds. The second-order valence-electron chi connectivity index (χ2n) is 2.05. The van der Waals surface area contributed by atoms with Gasteiger partial charge in [-0.15, -0.1) is 0 Å². The van der Waals surface area contributed by atoms with Crippen LogP contribution < -0.4 is 5.32 Å². The molecule has 0 aromatic carbocycles. The summed E-state index contributed by atoms with van der Waals surface area (Å²) >= 11 is 0. The van der Waals surface area contributed by atoms with Crippen LogP contribution in [0.25, 0.3) is 0 Å². The van der Waals surface area contributed by atoms with E-state index in [-0.39, 0.29) is 21.1 Å². The molecule has 1 aromatic heterocycles. The number of carbonyl (C=O) groups is 2. The number of H-pyrrole nitrogens is 1. The van der Waals surface area contributed by atoms with E-state index in [0.29, 0.717) is 11.4 Å². The van der Waals surface area contributed by atoms with Gasteiger partial charge in [0, 0.05) is 27.3 Å². The van der Waals surface area contributed by atoms with E-state index >= 15 is 0 Å². The molecule has 0 aliphatic carbocycles. The molecule has 2 heterocycles. The zero-order valence-corrected chi connectivity index (χ0v) is 7.56. The summed E-state index contributed by atoms with van der Waals surface area (Å²) < 4.78 is 0. The molecule has 0 atom stereocenters. The fourth-order valence-corrected chi connectivity index (χ4v) is 0.954. The topological polar surface area (TPSA) is 62.0 Å². The van der Waals surface area contributed by atoms with Crippen LogP contribution >= 0.6 is 0 Å².